The monoisotopic (exact) mass is 361 g/mol. The zero-order valence-corrected chi connectivity index (χ0v) is 15.2. The Morgan fingerprint density at radius 3 is 2.85 bits per heavy atom. The van der Waals surface area contributed by atoms with Crippen LogP contribution in [0.25, 0.3) is 17.0 Å². The van der Waals surface area contributed by atoms with Crippen LogP contribution in [0.5, 0.6) is 5.75 Å². The Labute approximate surface area is 156 Å². The van der Waals surface area contributed by atoms with Gasteiger partial charge in [-0.05, 0) is 60.9 Å². The highest BCUT2D eigenvalue weighted by atomic mass is 16.5. The van der Waals surface area contributed by atoms with Gasteiger partial charge in [-0.15, -0.1) is 0 Å². The first-order valence-electron chi connectivity index (χ1n) is 8.43. The first-order chi connectivity index (χ1) is 13.0. The Hall–Kier alpha value is -3.47. The van der Waals surface area contributed by atoms with Gasteiger partial charge >= 0.3 is 5.63 Å². The van der Waals surface area contributed by atoms with E-state index >= 15 is 0 Å². The van der Waals surface area contributed by atoms with E-state index in [2.05, 4.69) is 11.6 Å². The third-order valence-corrected chi connectivity index (χ3v) is 3.91. The number of carbonyl (C=O) groups excluding carboxylic acids is 1. The molecule has 0 N–H and O–H groups in total. The van der Waals surface area contributed by atoms with Crippen LogP contribution in [0.2, 0.25) is 0 Å². The Kier molecular flexibility index (Phi) is 5.31. The van der Waals surface area contributed by atoms with Crippen molar-refractivity contribution in [1.29, 1.82) is 0 Å². The second-order valence-corrected chi connectivity index (χ2v) is 6.29. The van der Waals surface area contributed by atoms with Crippen molar-refractivity contribution in [3.8, 4) is 5.75 Å². The van der Waals surface area contributed by atoms with Gasteiger partial charge in [0, 0.05) is 23.8 Å². The lowest BCUT2D eigenvalue weighted by Crippen LogP contribution is -2.07. The van der Waals surface area contributed by atoms with Crippen molar-refractivity contribution >= 4 is 22.8 Å². The number of aromatic nitrogens is 1. The van der Waals surface area contributed by atoms with Gasteiger partial charge in [-0.25, -0.2) is 4.79 Å². The molecule has 3 aromatic rings. The molecule has 3 rings (SSSR count). The van der Waals surface area contributed by atoms with Crippen molar-refractivity contribution in [1.82, 2.24) is 4.98 Å². The number of fused-ring (bicyclic) bond motifs is 1. The fraction of sp³-hybridized carbons (Fsp3) is 0.136. The number of ether oxygens (including phenoxy) is 1. The van der Waals surface area contributed by atoms with E-state index in [9.17, 15) is 9.59 Å². The van der Waals surface area contributed by atoms with E-state index in [0.29, 0.717) is 11.1 Å². The fourth-order valence-electron chi connectivity index (χ4n) is 2.65. The van der Waals surface area contributed by atoms with Crippen molar-refractivity contribution in [3.63, 3.8) is 0 Å². The summed E-state index contributed by atoms with van der Waals surface area (Å²) in [4.78, 5) is 28.8. The van der Waals surface area contributed by atoms with Crippen LogP contribution in [-0.2, 0) is 0 Å². The smallest absolute Gasteiger partial charge is 0.336 e. The molecule has 0 saturated carbocycles. The third kappa shape index (κ3) is 4.20. The summed E-state index contributed by atoms with van der Waals surface area (Å²) in [6.45, 7) is 7.69. The molecule has 0 unspecified atom stereocenters. The standard InChI is InChI=1S/C22H19NO4/c1-14(2)13-26-19-9-7-17-15(3)11-20(25)27-22(17)21(19)18(24)8-6-16-5-4-10-23-12-16/h4-12H,1,13H2,2-3H3/b8-6+. The molecule has 0 aliphatic rings. The predicted molar refractivity (Wildman–Crippen MR) is 105 cm³/mol. The van der Waals surface area contributed by atoms with Crippen molar-refractivity contribution in [2.75, 3.05) is 6.61 Å². The van der Waals surface area contributed by atoms with E-state index in [4.69, 9.17) is 9.15 Å². The number of ketones is 1. The van der Waals surface area contributed by atoms with Gasteiger partial charge in [0.2, 0.25) is 0 Å². The lowest BCUT2D eigenvalue weighted by atomic mass is 10.0. The van der Waals surface area contributed by atoms with E-state index < -0.39 is 5.63 Å². The van der Waals surface area contributed by atoms with Crippen molar-refractivity contribution < 1.29 is 13.9 Å². The normalized spacial score (nSPS) is 11.0. The molecule has 5 heteroatoms. The highest BCUT2D eigenvalue weighted by Gasteiger charge is 2.19. The van der Waals surface area contributed by atoms with Crippen LogP contribution in [0.15, 0.2) is 70.2 Å². The number of pyridine rings is 1. The minimum absolute atomic E-state index is 0.217. The first kappa shape index (κ1) is 18.3. The molecule has 0 aliphatic carbocycles. The molecule has 136 valence electrons. The molecule has 0 amide bonds. The average Bonchev–Trinajstić information content (AvgIpc) is 2.64. The molecule has 27 heavy (non-hydrogen) atoms. The zero-order chi connectivity index (χ0) is 19.4. The van der Waals surface area contributed by atoms with Crippen LogP contribution in [0, 0.1) is 6.92 Å². The van der Waals surface area contributed by atoms with E-state index in [1.54, 1.807) is 43.6 Å². The van der Waals surface area contributed by atoms with E-state index in [1.807, 2.05) is 13.0 Å². The number of benzene rings is 1. The average molecular weight is 361 g/mol. The van der Waals surface area contributed by atoms with Crippen LogP contribution < -0.4 is 10.4 Å². The van der Waals surface area contributed by atoms with E-state index in [-0.39, 0.29) is 23.5 Å². The molecule has 0 aliphatic heterocycles. The van der Waals surface area contributed by atoms with Gasteiger partial charge in [0.15, 0.2) is 11.4 Å². The number of hydrogen-bond acceptors (Lipinski definition) is 5. The molecule has 0 bridgehead atoms. The summed E-state index contributed by atoms with van der Waals surface area (Å²) in [5.41, 5.74) is 2.26. The summed E-state index contributed by atoms with van der Waals surface area (Å²) < 4.78 is 11.1. The number of aryl methyl sites for hydroxylation is 1. The predicted octanol–water partition coefficient (Wildman–Crippen LogP) is 4.35. The molecule has 0 fully saturated rings. The Bertz CT molecular complexity index is 1090. The molecule has 1 aromatic carbocycles. The molecule has 0 saturated heterocycles. The molecule has 0 atom stereocenters. The maximum atomic E-state index is 12.9. The minimum atomic E-state index is -0.512. The Balaban J connectivity index is 2.12. The van der Waals surface area contributed by atoms with Crippen molar-refractivity contribution in [2.45, 2.75) is 13.8 Å². The van der Waals surface area contributed by atoms with Gasteiger partial charge < -0.3 is 9.15 Å². The van der Waals surface area contributed by atoms with Gasteiger partial charge in [-0.3, -0.25) is 9.78 Å². The van der Waals surface area contributed by atoms with Crippen LogP contribution in [0.1, 0.15) is 28.4 Å². The van der Waals surface area contributed by atoms with Crippen LogP contribution in [-0.4, -0.2) is 17.4 Å². The van der Waals surface area contributed by atoms with Gasteiger partial charge in [0.05, 0.1) is 0 Å². The number of allylic oxidation sites excluding steroid dienone is 1. The molecule has 0 radical (unpaired) electrons. The lowest BCUT2D eigenvalue weighted by Gasteiger charge is -2.12. The third-order valence-electron chi connectivity index (χ3n) is 3.91. The minimum Gasteiger partial charge on any atom is -0.488 e. The molecule has 0 spiro atoms. The summed E-state index contributed by atoms with van der Waals surface area (Å²) in [5, 5.41) is 0.690. The van der Waals surface area contributed by atoms with Gasteiger partial charge in [-0.1, -0.05) is 12.6 Å². The van der Waals surface area contributed by atoms with Crippen LogP contribution in [0.4, 0.5) is 0 Å². The summed E-state index contributed by atoms with van der Waals surface area (Å²) in [5.74, 6) is 0.0232. The van der Waals surface area contributed by atoms with Crippen molar-refractivity contribution in [3.05, 3.63) is 88.1 Å². The highest BCUT2D eigenvalue weighted by molar-refractivity contribution is 6.15. The SMILES string of the molecule is C=C(C)COc1ccc2c(C)cc(=O)oc2c1C(=O)/C=C/c1cccnc1. The maximum absolute atomic E-state index is 12.9. The summed E-state index contributed by atoms with van der Waals surface area (Å²) in [6.07, 6.45) is 6.38. The van der Waals surface area contributed by atoms with Crippen LogP contribution >= 0.6 is 0 Å². The molecular weight excluding hydrogens is 342 g/mol. The number of hydrogen-bond donors (Lipinski definition) is 0. The van der Waals surface area contributed by atoms with Gasteiger partial charge in [-0.2, -0.15) is 0 Å². The second-order valence-electron chi connectivity index (χ2n) is 6.29. The van der Waals surface area contributed by atoms with E-state index in [1.165, 1.54) is 12.1 Å². The first-order valence-corrected chi connectivity index (χ1v) is 8.43. The molecule has 2 aromatic heterocycles. The highest BCUT2D eigenvalue weighted by Crippen LogP contribution is 2.30. The number of carbonyl (C=O) groups is 1. The lowest BCUT2D eigenvalue weighted by molar-refractivity contribution is 0.104. The quantitative estimate of drug-likeness (QED) is 0.283. The summed E-state index contributed by atoms with van der Waals surface area (Å²) in [7, 11) is 0. The zero-order valence-electron chi connectivity index (χ0n) is 15.2. The molecule has 5 nitrogen and oxygen atoms in total. The van der Waals surface area contributed by atoms with Crippen LogP contribution in [0.3, 0.4) is 0 Å². The topological polar surface area (TPSA) is 69.4 Å². The second kappa shape index (κ2) is 7.83. The largest absolute Gasteiger partial charge is 0.488 e. The fourth-order valence-corrected chi connectivity index (χ4v) is 2.65. The summed E-state index contributed by atoms with van der Waals surface area (Å²) in [6, 6.07) is 8.51. The van der Waals surface area contributed by atoms with Crippen molar-refractivity contribution in [2.24, 2.45) is 0 Å². The number of rotatable bonds is 6. The number of nitrogens with zero attached hydrogens (tertiary/aromatic N) is 1. The molecule has 2 heterocycles. The van der Waals surface area contributed by atoms with E-state index in [0.717, 1.165) is 16.7 Å². The molecular formula is C22H19NO4. The van der Waals surface area contributed by atoms with Gasteiger partial charge in [0.1, 0.15) is 17.9 Å². The Morgan fingerprint density at radius 2 is 2.15 bits per heavy atom. The Morgan fingerprint density at radius 1 is 1.33 bits per heavy atom. The maximum Gasteiger partial charge on any atom is 0.336 e. The van der Waals surface area contributed by atoms with Gasteiger partial charge in [0.25, 0.3) is 0 Å². The summed E-state index contributed by atoms with van der Waals surface area (Å²) >= 11 is 0.